The van der Waals surface area contributed by atoms with E-state index in [2.05, 4.69) is 4.74 Å². The summed E-state index contributed by atoms with van der Waals surface area (Å²) >= 11 is 0. The van der Waals surface area contributed by atoms with Gasteiger partial charge in [-0.1, -0.05) is 66.7 Å². The molecule has 3 atom stereocenters. The molecule has 0 bridgehead atoms. The quantitative estimate of drug-likeness (QED) is 0.330. The number of alkyl halides is 3. The van der Waals surface area contributed by atoms with Crippen molar-refractivity contribution in [2.45, 2.75) is 18.5 Å². The summed E-state index contributed by atoms with van der Waals surface area (Å²) in [6.45, 7) is 0. The number of ether oxygens (including phenoxy) is 1. The molecule has 37 heavy (non-hydrogen) atoms. The van der Waals surface area contributed by atoms with Crippen molar-refractivity contribution in [3.8, 4) is 5.75 Å². The third-order valence-corrected chi connectivity index (χ3v) is 6.59. The molecule has 186 valence electrons. The number of imide groups is 1. The van der Waals surface area contributed by atoms with Crippen LogP contribution in [0, 0.1) is 5.92 Å². The lowest BCUT2D eigenvalue weighted by molar-refractivity contribution is -0.274. The molecule has 2 heterocycles. The third kappa shape index (κ3) is 3.97. The van der Waals surface area contributed by atoms with Crippen molar-refractivity contribution in [3.63, 3.8) is 0 Å². The molecule has 2 saturated heterocycles. The number of anilines is 2. The summed E-state index contributed by atoms with van der Waals surface area (Å²) in [5, 5.41) is 3.11. The van der Waals surface area contributed by atoms with Crippen molar-refractivity contribution in [2.75, 3.05) is 9.96 Å². The molecule has 0 N–H and O–H groups in total. The maximum absolute atomic E-state index is 13.9. The number of hydrogen-bond acceptors (Lipinski definition) is 5. The van der Waals surface area contributed by atoms with Crippen LogP contribution in [-0.4, -0.2) is 24.3 Å². The summed E-state index contributed by atoms with van der Waals surface area (Å²) in [6, 6.07) is 26.3. The molecule has 0 spiro atoms. The molecule has 0 unspecified atom stereocenters. The van der Waals surface area contributed by atoms with Gasteiger partial charge in [-0.05, 0) is 41.3 Å². The van der Waals surface area contributed by atoms with Crippen LogP contribution < -0.4 is 14.7 Å². The van der Waals surface area contributed by atoms with Crippen molar-refractivity contribution < 1.29 is 32.3 Å². The van der Waals surface area contributed by atoms with Gasteiger partial charge < -0.3 is 4.74 Å². The number of rotatable bonds is 4. The van der Waals surface area contributed by atoms with Crippen LogP contribution in [-0.2, 0) is 14.4 Å². The Morgan fingerprint density at radius 3 is 2.16 bits per heavy atom. The molecule has 6 rings (SSSR count). The number of para-hydroxylation sites is 1. The predicted molar refractivity (Wildman–Crippen MR) is 130 cm³/mol. The Hall–Kier alpha value is -4.37. The largest absolute Gasteiger partial charge is 0.573 e. The van der Waals surface area contributed by atoms with E-state index in [1.807, 2.05) is 36.4 Å². The van der Waals surface area contributed by atoms with Gasteiger partial charge in [-0.2, -0.15) is 0 Å². The Labute approximate surface area is 209 Å². The van der Waals surface area contributed by atoms with E-state index in [9.17, 15) is 22.8 Å². The lowest BCUT2D eigenvalue weighted by Gasteiger charge is -2.29. The fourth-order valence-corrected chi connectivity index (χ4v) is 5.06. The first kappa shape index (κ1) is 23.1. The summed E-state index contributed by atoms with van der Waals surface area (Å²) < 4.78 is 42.0. The molecule has 2 aliphatic heterocycles. The van der Waals surface area contributed by atoms with Gasteiger partial charge in [0.15, 0.2) is 6.10 Å². The third-order valence-electron chi connectivity index (χ3n) is 6.59. The number of amides is 2. The fraction of sp³-hybridized carbons (Fsp3) is 0.143. The summed E-state index contributed by atoms with van der Waals surface area (Å²) in [5.74, 6) is -2.23. The minimum Gasteiger partial charge on any atom is -0.406 e. The fourth-order valence-electron chi connectivity index (χ4n) is 5.06. The van der Waals surface area contributed by atoms with E-state index in [4.69, 9.17) is 4.84 Å². The molecule has 2 fully saturated rings. The highest BCUT2D eigenvalue weighted by Crippen LogP contribution is 2.48. The summed E-state index contributed by atoms with van der Waals surface area (Å²) in [6.07, 6.45) is -5.92. The highest BCUT2D eigenvalue weighted by atomic mass is 19.4. The average molecular weight is 504 g/mol. The van der Waals surface area contributed by atoms with E-state index in [1.165, 1.54) is 29.3 Å². The molecule has 2 aliphatic rings. The van der Waals surface area contributed by atoms with Crippen LogP contribution >= 0.6 is 0 Å². The second-order valence-corrected chi connectivity index (χ2v) is 8.78. The number of carbonyl (C=O) groups excluding carboxylic acids is 2. The Kier molecular flexibility index (Phi) is 5.38. The van der Waals surface area contributed by atoms with Crippen LogP contribution in [0.25, 0.3) is 10.8 Å². The average Bonchev–Trinajstić information content (AvgIpc) is 3.40. The summed E-state index contributed by atoms with van der Waals surface area (Å²) in [7, 11) is 0. The lowest BCUT2D eigenvalue weighted by atomic mass is 9.90. The van der Waals surface area contributed by atoms with Gasteiger partial charge in [-0.3, -0.25) is 14.4 Å². The number of benzene rings is 4. The first-order valence-corrected chi connectivity index (χ1v) is 11.5. The molecule has 9 heteroatoms. The standard InChI is InChI=1S/C28H19F3N2O4/c29-28(30,31)36-20-15-13-18(14-16-20)24-23-25(37-33(24)19-9-2-1-3-10-19)27(35)32(26(23)34)22-12-6-8-17-7-4-5-11-21(17)22/h1-16,23-25H/t23-,24-,25+/m0/s1. The maximum Gasteiger partial charge on any atom is 0.573 e. The summed E-state index contributed by atoms with van der Waals surface area (Å²) in [4.78, 5) is 34.8. The van der Waals surface area contributed by atoms with Crippen molar-refractivity contribution in [3.05, 3.63) is 103 Å². The summed E-state index contributed by atoms with van der Waals surface area (Å²) in [5.41, 5.74) is 1.58. The molecule has 0 aromatic heterocycles. The van der Waals surface area contributed by atoms with E-state index in [1.54, 1.807) is 36.4 Å². The number of carbonyl (C=O) groups is 2. The SMILES string of the molecule is O=C1[C@@H]2[C@@H](ON(c3ccccc3)[C@H]2c2ccc(OC(F)(F)F)cc2)C(=O)N1c1cccc2ccccc12. The molecular formula is C28H19F3N2O4. The van der Waals surface area contributed by atoms with Crippen molar-refractivity contribution in [1.29, 1.82) is 0 Å². The maximum atomic E-state index is 13.9. The van der Waals surface area contributed by atoms with E-state index >= 15 is 0 Å². The zero-order chi connectivity index (χ0) is 25.7. The second kappa shape index (κ2) is 8.63. The molecule has 4 aromatic carbocycles. The van der Waals surface area contributed by atoms with E-state index < -0.39 is 36.2 Å². The molecule has 2 amide bonds. The van der Waals surface area contributed by atoms with Gasteiger partial charge in [0, 0.05) is 5.39 Å². The molecule has 0 radical (unpaired) electrons. The topological polar surface area (TPSA) is 59.1 Å². The van der Waals surface area contributed by atoms with E-state index in [0.29, 0.717) is 16.9 Å². The number of halogens is 3. The lowest BCUT2D eigenvalue weighted by Crippen LogP contribution is -2.37. The molecule has 4 aromatic rings. The zero-order valence-corrected chi connectivity index (χ0v) is 19.1. The second-order valence-electron chi connectivity index (χ2n) is 8.78. The van der Waals surface area contributed by atoms with Gasteiger partial charge in [0.1, 0.15) is 11.7 Å². The van der Waals surface area contributed by atoms with E-state index in [0.717, 1.165) is 15.7 Å². The zero-order valence-electron chi connectivity index (χ0n) is 19.1. The Balaban J connectivity index is 1.42. The van der Waals surface area contributed by atoms with Gasteiger partial charge in [-0.15, -0.1) is 13.2 Å². The number of nitrogens with zero attached hydrogens (tertiary/aromatic N) is 2. The Morgan fingerprint density at radius 2 is 1.43 bits per heavy atom. The van der Waals surface area contributed by atoms with Crippen molar-refractivity contribution >= 4 is 34.0 Å². The molecule has 0 aliphatic carbocycles. The first-order valence-electron chi connectivity index (χ1n) is 11.5. The first-order chi connectivity index (χ1) is 17.8. The molecular weight excluding hydrogens is 485 g/mol. The van der Waals surface area contributed by atoms with Gasteiger partial charge >= 0.3 is 6.36 Å². The van der Waals surface area contributed by atoms with Gasteiger partial charge in [0.05, 0.1) is 17.4 Å². The smallest absolute Gasteiger partial charge is 0.406 e. The number of hydroxylamine groups is 1. The van der Waals surface area contributed by atoms with Gasteiger partial charge in [-0.25, -0.2) is 9.96 Å². The number of hydrogen-bond donors (Lipinski definition) is 0. The molecule has 6 nitrogen and oxygen atoms in total. The highest BCUT2D eigenvalue weighted by molar-refractivity contribution is 6.26. The normalized spacial score (nSPS) is 21.5. The van der Waals surface area contributed by atoms with Crippen LogP contribution in [0.4, 0.5) is 24.5 Å². The van der Waals surface area contributed by atoms with E-state index in [-0.39, 0.29) is 5.75 Å². The van der Waals surface area contributed by atoms with Crippen LogP contribution in [0.15, 0.2) is 97.1 Å². The Morgan fingerprint density at radius 1 is 0.757 bits per heavy atom. The van der Waals surface area contributed by atoms with Crippen LogP contribution in [0.5, 0.6) is 5.75 Å². The number of fused-ring (bicyclic) bond motifs is 2. The van der Waals surface area contributed by atoms with Gasteiger partial charge in [0.2, 0.25) is 5.91 Å². The van der Waals surface area contributed by atoms with Crippen LogP contribution in [0.2, 0.25) is 0 Å². The highest BCUT2D eigenvalue weighted by Gasteiger charge is 2.60. The monoisotopic (exact) mass is 504 g/mol. The molecule has 0 saturated carbocycles. The van der Waals surface area contributed by atoms with Crippen LogP contribution in [0.1, 0.15) is 11.6 Å². The Bertz CT molecular complexity index is 1490. The van der Waals surface area contributed by atoms with Crippen LogP contribution in [0.3, 0.4) is 0 Å². The van der Waals surface area contributed by atoms with Crippen molar-refractivity contribution in [1.82, 2.24) is 0 Å². The van der Waals surface area contributed by atoms with Gasteiger partial charge in [0.25, 0.3) is 5.91 Å². The minimum absolute atomic E-state index is 0.385. The van der Waals surface area contributed by atoms with Crippen molar-refractivity contribution in [2.24, 2.45) is 5.92 Å². The minimum atomic E-state index is -4.83. The predicted octanol–water partition coefficient (Wildman–Crippen LogP) is 5.79.